The van der Waals surface area contributed by atoms with Crippen molar-refractivity contribution in [2.75, 3.05) is 49.6 Å². The lowest BCUT2D eigenvalue weighted by atomic mass is 10.0. The van der Waals surface area contributed by atoms with E-state index in [4.69, 9.17) is 0 Å². The van der Waals surface area contributed by atoms with Crippen molar-refractivity contribution in [3.05, 3.63) is 35.4 Å². The van der Waals surface area contributed by atoms with Crippen molar-refractivity contribution in [3.63, 3.8) is 0 Å². The average molecular weight is 380 g/mol. The first-order valence-electron chi connectivity index (χ1n) is 10.4. The van der Waals surface area contributed by atoms with Gasteiger partial charge in [-0.15, -0.1) is 5.10 Å². The van der Waals surface area contributed by atoms with E-state index in [1.165, 1.54) is 11.3 Å². The van der Waals surface area contributed by atoms with Gasteiger partial charge in [-0.3, -0.25) is 0 Å². The summed E-state index contributed by atoms with van der Waals surface area (Å²) in [6.07, 6.45) is 2.72. The summed E-state index contributed by atoms with van der Waals surface area (Å²) >= 11 is 0. The summed E-state index contributed by atoms with van der Waals surface area (Å²) in [5, 5.41) is 9.09. The molecule has 0 amide bonds. The molecule has 28 heavy (non-hydrogen) atoms. The molecule has 2 unspecified atom stereocenters. The summed E-state index contributed by atoms with van der Waals surface area (Å²) in [6.45, 7) is 10.7. The predicted molar refractivity (Wildman–Crippen MR) is 110 cm³/mol. The van der Waals surface area contributed by atoms with Gasteiger partial charge < -0.3 is 14.7 Å². The zero-order valence-corrected chi connectivity index (χ0v) is 17.0. The summed E-state index contributed by atoms with van der Waals surface area (Å²) in [7, 11) is 2.18. The molecule has 3 aliphatic rings. The van der Waals surface area contributed by atoms with E-state index in [9.17, 15) is 0 Å². The Hall–Kier alpha value is -2.28. The zero-order chi connectivity index (χ0) is 19.3. The molecule has 148 valence electrons. The van der Waals surface area contributed by atoms with Crippen LogP contribution in [0.15, 0.2) is 18.5 Å². The molecule has 0 saturated carbocycles. The Bertz CT molecular complexity index is 854. The Labute approximate surface area is 166 Å². The summed E-state index contributed by atoms with van der Waals surface area (Å²) in [5.74, 6) is 3.90. The van der Waals surface area contributed by atoms with Crippen LogP contribution in [0.25, 0.3) is 0 Å². The third kappa shape index (κ3) is 3.21. The highest BCUT2D eigenvalue weighted by Crippen LogP contribution is 2.35. The number of anilines is 2. The van der Waals surface area contributed by atoms with Crippen molar-refractivity contribution >= 4 is 11.6 Å². The third-order valence-electron chi connectivity index (χ3n) is 6.52. The Kier molecular flexibility index (Phi) is 4.42. The third-order valence-corrected chi connectivity index (χ3v) is 6.52. The first kappa shape index (κ1) is 17.8. The Morgan fingerprint density at radius 1 is 0.929 bits per heavy atom. The molecule has 5 heterocycles. The van der Waals surface area contributed by atoms with Crippen molar-refractivity contribution < 1.29 is 0 Å². The van der Waals surface area contributed by atoms with E-state index >= 15 is 0 Å². The second kappa shape index (κ2) is 6.95. The molecule has 0 bridgehead atoms. The molecule has 0 N–H and O–H groups in total. The first-order valence-corrected chi connectivity index (χ1v) is 10.4. The van der Waals surface area contributed by atoms with Crippen molar-refractivity contribution in [2.45, 2.75) is 32.7 Å². The highest BCUT2D eigenvalue weighted by atomic mass is 15.3. The van der Waals surface area contributed by atoms with Crippen LogP contribution in [0.3, 0.4) is 0 Å². The molecule has 7 heteroatoms. The minimum Gasteiger partial charge on any atom is -0.356 e. The second-order valence-corrected chi connectivity index (χ2v) is 8.95. The molecule has 5 rings (SSSR count). The molecule has 2 fully saturated rings. The Balaban J connectivity index is 1.27. The van der Waals surface area contributed by atoms with E-state index in [2.05, 4.69) is 67.9 Å². The van der Waals surface area contributed by atoms with Gasteiger partial charge in [0.1, 0.15) is 12.1 Å². The van der Waals surface area contributed by atoms with E-state index in [-0.39, 0.29) is 0 Å². The molecule has 7 nitrogen and oxygen atoms in total. The molecular formula is C21H29N7. The molecular weight excluding hydrogens is 350 g/mol. The largest absolute Gasteiger partial charge is 0.356 e. The van der Waals surface area contributed by atoms with Crippen molar-refractivity contribution in [2.24, 2.45) is 11.8 Å². The van der Waals surface area contributed by atoms with Gasteiger partial charge in [0.25, 0.3) is 0 Å². The number of hydrogen-bond donors (Lipinski definition) is 0. The maximum absolute atomic E-state index is 4.56. The van der Waals surface area contributed by atoms with Crippen LogP contribution in [-0.4, -0.2) is 64.8 Å². The van der Waals surface area contributed by atoms with Crippen molar-refractivity contribution in [1.29, 1.82) is 0 Å². The number of aromatic nitrogens is 4. The molecule has 2 aromatic heterocycles. The van der Waals surface area contributed by atoms with Gasteiger partial charge in [-0.05, 0) is 24.6 Å². The van der Waals surface area contributed by atoms with Crippen LogP contribution in [0.4, 0.5) is 11.6 Å². The fourth-order valence-electron chi connectivity index (χ4n) is 4.83. The van der Waals surface area contributed by atoms with Crippen LogP contribution >= 0.6 is 0 Å². The maximum Gasteiger partial charge on any atom is 0.151 e. The van der Waals surface area contributed by atoms with E-state index in [1.807, 2.05) is 0 Å². The number of rotatable bonds is 3. The summed E-state index contributed by atoms with van der Waals surface area (Å²) in [5.41, 5.74) is 3.65. The standard InChI is InChI=1S/C21H29N7/c1-14(2)19-7-20(23-13-22-19)27-9-16-11-28(12-17(16)10-27)21-6-15-8-26(3)5-4-18(15)24-25-21/h6-7,13-14,16-17H,4-5,8-12H2,1-3H3. The number of likely N-dealkylation sites (N-methyl/N-ethyl adjacent to an activating group) is 1. The van der Waals surface area contributed by atoms with Crippen molar-refractivity contribution in [1.82, 2.24) is 25.1 Å². The average Bonchev–Trinajstić information content (AvgIpc) is 3.27. The monoisotopic (exact) mass is 379 g/mol. The van der Waals surface area contributed by atoms with Crippen LogP contribution in [0, 0.1) is 11.8 Å². The Morgan fingerprint density at radius 2 is 1.64 bits per heavy atom. The van der Waals surface area contributed by atoms with Crippen LogP contribution in [-0.2, 0) is 13.0 Å². The lowest BCUT2D eigenvalue weighted by Gasteiger charge is -2.26. The topological polar surface area (TPSA) is 61.3 Å². The molecule has 2 atom stereocenters. The highest BCUT2D eigenvalue weighted by Gasteiger charge is 2.41. The fraction of sp³-hybridized carbons (Fsp3) is 0.619. The zero-order valence-electron chi connectivity index (χ0n) is 17.0. The number of nitrogens with zero attached hydrogens (tertiary/aromatic N) is 7. The SMILES string of the molecule is CC(C)c1cc(N2CC3CN(c4cc5c(nn4)CCN(C)C5)CC3C2)ncn1. The van der Waals surface area contributed by atoms with E-state index in [0.717, 1.165) is 63.0 Å². The van der Waals surface area contributed by atoms with Gasteiger partial charge in [0, 0.05) is 69.3 Å². The number of fused-ring (bicyclic) bond motifs is 2. The smallest absolute Gasteiger partial charge is 0.151 e. The molecule has 2 aromatic rings. The summed E-state index contributed by atoms with van der Waals surface area (Å²) in [6, 6.07) is 4.44. The molecule has 0 aromatic carbocycles. The van der Waals surface area contributed by atoms with Gasteiger partial charge in [-0.2, -0.15) is 5.10 Å². The minimum absolute atomic E-state index is 0.431. The first-order chi connectivity index (χ1) is 13.6. The quantitative estimate of drug-likeness (QED) is 0.808. The van der Waals surface area contributed by atoms with Gasteiger partial charge in [0.15, 0.2) is 5.82 Å². The second-order valence-electron chi connectivity index (χ2n) is 8.95. The van der Waals surface area contributed by atoms with E-state index in [1.54, 1.807) is 6.33 Å². The molecule has 3 aliphatic heterocycles. The highest BCUT2D eigenvalue weighted by molar-refractivity contribution is 5.46. The van der Waals surface area contributed by atoms with Crippen LogP contribution in [0.1, 0.15) is 36.7 Å². The normalized spacial score (nSPS) is 24.7. The van der Waals surface area contributed by atoms with E-state index in [0.29, 0.717) is 17.8 Å². The molecule has 0 spiro atoms. The maximum atomic E-state index is 4.56. The van der Waals surface area contributed by atoms with Gasteiger partial charge in [0.2, 0.25) is 0 Å². The predicted octanol–water partition coefficient (Wildman–Crippen LogP) is 1.95. The van der Waals surface area contributed by atoms with Crippen molar-refractivity contribution in [3.8, 4) is 0 Å². The van der Waals surface area contributed by atoms with Crippen LogP contribution in [0.5, 0.6) is 0 Å². The van der Waals surface area contributed by atoms with Gasteiger partial charge in [-0.1, -0.05) is 13.8 Å². The molecule has 0 aliphatic carbocycles. The summed E-state index contributed by atoms with van der Waals surface area (Å²) in [4.78, 5) is 16.2. The van der Waals surface area contributed by atoms with Gasteiger partial charge >= 0.3 is 0 Å². The van der Waals surface area contributed by atoms with E-state index < -0.39 is 0 Å². The minimum atomic E-state index is 0.431. The lowest BCUT2D eigenvalue weighted by Crippen LogP contribution is -2.31. The summed E-state index contributed by atoms with van der Waals surface area (Å²) < 4.78 is 0. The Morgan fingerprint density at radius 3 is 2.36 bits per heavy atom. The number of hydrogen-bond acceptors (Lipinski definition) is 7. The molecule has 0 radical (unpaired) electrons. The van der Waals surface area contributed by atoms with Gasteiger partial charge in [-0.25, -0.2) is 9.97 Å². The van der Waals surface area contributed by atoms with Crippen LogP contribution < -0.4 is 9.80 Å². The van der Waals surface area contributed by atoms with Gasteiger partial charge in [0.05, 0.1) is 5.69 Å². The fourth-order valence-corrected chi connectivity index (χ4v) is 4.83. The lowest BCUT2D eigenvalue weighted by molar-refractivity contribution is 0.308. The molecule has 2 saturated heterocycles. The van der Waals surface area contributed by atoms with Crippen LogP contribution in [0.2, 0.25) is 0 Å².